The fraction of sp³-hybridized carbons (Fsp3) is 0.304. The molecule has 10 nitrogen and oxygen atoms in total. The number of sulfonamides is 1. The molecule has 1 aromatic carbocycles. The van der Waals surface area contributed by atoms with E-state index in [-0.39, 0.29) is 40.6 Å². The van der Waals surface area contributed by atoms with Crippen LogP contribution in [0.3, 0.4) is 0 Å². The van der Waals surface area contributed by atoms with Crippen molar-refractivity contribution in [2.24, 2.45) is 5.92 Å². The minimum atomic E-state index is -4.13. The first kappa shape index (κ1) is 22.2. The average Bonchev–Trinajstić information content (AvgIpc) is 2.78. The average molecular weight is 481 g/mol. The molecular formula is C23H24N6O4S. The number of benzene rings is 1. The zero-order valence-electron chi connectivity index (χ0n) is 18.7. The van der Waals surface area contributed by atoms with Gasteiger partial charge in [0.05, 0.1) is 11.6 Å². The molecule has 6 bridgehead atoms. The van der Waals surface area contributed by atoms with Crippen LogP contribution >= 0.6 is 0 Å². The second-order valence-electron chi connectivity index (χ2n) is 8.47. The van der Waals surface area contributed by atoms with Gasteiger partial charge in [-0.15, -0.1) is 0 Å². The van der Waals surface area contributed by atoms with Gasteiger partial charge in [0.1, 0.15) is 11.9 Å². The first-order chi connectivity index (χ1) is 16.3. The summed E-state index contributed by atoms with van der Waals surface area (Å²) in [5.41, 5.74) is 3.37. The molecule has 4 heterocycles. The van der Waals surface area contributed by atoms with Crippen LogP contribution in [0.1, 0.15) is 17.5 Å². The summed E-state index contributed by atoms with van der Waals surface area (Å²) in [7, 11) is -4.13. The molecule has 2 atom stereocenters. The molecule has 34 heavy (non-hydrogen) atoms. The Balaban J connectivity index is 1.65. The summed E-state index contributed by atoms with van der Waals surface area (Å²) in [6, 6.07) is 12.0. The summed E-state index contributed by atoms with van der Waals surface area (Å²) in [6.45, 7) is 4.93. The molecule has 2 unspecified atom stereocenters. The van der Waals surface area contributed by atoms with Crippen molar-refractivity contribution in [1.82, 2.24) is 20.3 Å². The molecule has 0 saturated carbocycles. The van der Waals surface area contributed by atoms with Crippen molar-refractivity contribution in [2.75, 3.05) is 23.1 Å². The van der Waals surface area contributed by atoms with Crippen LogP contribution in [0, 0.1) is 19.8 Å². The lowest BCUT2D eigenvalue weighted by molar-refractivity contribution is -0.121. The lowest BCUT2D eigenvalue weighted by Crippen LogP contribution is -2.46. The molecule has 1 saturated heterocycles. The van der Waals surface area contributed by atoms with E-state index in [1.807, 2.05) is 32.0 Å². The van der Waals surface area contributed by atoms with Crippen LogP contribution in [0.15, 0.2) is 47.5 Å². The lowest BCUT2D eigenvalue weighted by atomic mass is 9.96. The Morgan fingerprint density at radius 2 is 1.76 bits per heavy atom. The van der Waals surface area contributed by atoms with Gasteiger partial charge in [-0.1, -0.05) is 24.3 Å². The van der Waals surface area contributed by atoms with Gasteiger partial charge >= 0.3 is 0 Å². The topological polar surface area (TPSA) is 135 Å². The number of nitrogens with zero attached hydrogens (tertiary/aromatic N) is 3. The van der Waals surface area contributed by atoms with Crippen LogP contribution in [0.2, 0.25) is 0 Å². The molecule has 1 amide bonds. The highest BCUT2D eigenvalue weighted by Crippen LogP contribution is 2.30. The number of fused-ring (bicyclic) bond motifs is 6. The Hall–Kier alpha value is -3.57. The maximum absolute atomic E-state index is 13.1. The number of ether oxygens (including phenoxy) is 1. The number of piperidine rings is 1. The molecule has 2 aliphatic rings. The highest BCUT2D eigenvalue weighted by molar-refractivity contribution is 7.92. The van der Waals surface area contributed by atoms with Crippen LogP contribution in [-0.2, 0) is 14.8 Å². The number of carbonyl (C=O) groups excluding carboxylic acids is 1. The Morgan fingerprint density at radius 1 is 1.00 bits per heavy atom. The normalized spacial score (nSPS) is 21.4. The lowest BCUT2D eigenvalue weighted by Gasteiger charge is -2.29. The first-order valence-electron chi connectivity index (χ1n) is 10.9. The predicted molar refractivity (Wildman–Crippen MR) is 126 cm³/mol. The van der Waals surface area contributed by atoms with E-state index >= 15 is 0 Å². The third-order valence-electron chi connectivity index (χ3n) is 5.88. The van der Waals surface area contributed by atoms with E-state index in [0.29, 0.717) is 25.2 Å². The molecule has 0 radical (unpaired) electrons. The van der Waals surface area contributed by atoms with Crippen molar-refractivity contribution in [2.45, 2.75) is 31.4 Å². The van der Waals surface area contributed by atoms with E-state index in [0.717, 1.165) is 16.7 Å². The number of carbonyl (C=O) groups is 1. The summed E-state index contributed by atoms with van der Waals surface area (Å²) < 4.78 is 34.7. The van der Waals surface area contributed by atoms with Gasteiger partial charge in [-0.05, 0) is 43.5 Å². The van der Waals surface area contributed by atoms with E-state index in [2.05, 4.69) is 30.3 Å². The van der Waals surface area contributed by atoms with Gasteiger partial charge in [0, 0.05) is 24.7 Å². The number of aryl methyl sites for hydroxylation is 2. The largest absolute Gasteiger partial charge is 0.473 e. The van der Waals surface area contributed by atoms with Gasteiger partial charge in [0.15, 0.2) is 5.03 Å². The third-order valence-corrected chi connectivity index (χ3v) is 7.11. The summed E-state index contributed by atoms with van der Waals surface area (Å²) in [5, 5.41) is 5.68. The predicted octanol–water partition coefficient (Wildman–Crippen LogP) is 2.27. The molecule has 2 aliphatic heterocycles. The van der Waals surface area contributed by atoms with E-state index < -0.39 is 10.0 Å². The quantitative estimate of drug-likeness (QED) is 0.483. The summed E-state index contributed by atoms with van der Waals surface area (Å²) in [6.07, 6.45) is 0.138. The number of hydrogen-bond donors (Lipinski definition) is 3. The molecule has 176 valence electrons. The molecule has 0 aliphatic carbocycles. The van der Waals surface area contributed by atoms with Gasteiger partial charge in [-0.25, -0.2) is 14.7 Å². The fourth-order valence-corrected chi connectivity index (χ4v) is 5.19. The Kier molecular flexibility index (Phi) is 5.66. The molecule has 11 heteroatoms. The number of rotatable bonds is 1. The van der Waals surface area contributed by atoms with Crippen molar-refractivity contribution in [3.63, 3.8) is 0 Å². The van der Waals surface area contributed by atoms with Crippen molar-refractivity contribution in [1.29, 1.82) is 0 Å². The van der Waals surface area contributed by atoms with Gasteiger partial charge < -0.3 is 15.4 Å². The summed E-state index contributed by atoms with van der Waals surface area (Å²) >= 11 is 0. The number of nitrogens with one attached hydrogen (secondary N) is 3. The van der Waals surface area contributed by atoms with Gasteiger partial charge in [0.25, 0.3) is 10.0 Å². The molecular weight excluding hydrogens is 456 g/mol. The monoisotopic (exact) mass is 480 g/mol. The number of aromatic nitrogens is 3. The maximum atomic E-state index is 13.1. The van der Waals surface area contributed by atoms with E-state index in [9.17, 15) is 13.2 Å². The zero-order chi connectivity index (χ0) is 23.9. The number of anilines is 2. The molecule has 0 spiro atoms. The van der Waals surface area contributed by atoms with Crippen LogP contribution in [0.5, 0.6) is 5.88 Å². The van der Waals surface area contributed by atoms with Crippen molar-refractivity contribution in [3.8, 4) is 17.1 Å². The van der Waals surface area contributed by atoms with Crippen molar-refractivity contribution < 1.29 is 17.9 Å². The standard InChI is InChI=1S/C23H24N6O4S/c1-13-5-3-6-14(2)21(13)17-10-19-28-23(25-17)29-34(31,32)20-8-4-7-18(26-20)27-22(30)15-9-16(33-19)12-24-11-15/h3-8,10,15-16,24H,9,11-12H2,1-2H3,(H,25,28,29)(H,26,27,30). The minimum Gasteiger partial charge on any atom is -0.473 e. The second-order valence-corrected chi connectivity index (χ2v) is 10.1. The number of pyridine rings is 1. The Bertz CT molecular complexity index is 1360. The minimum absolute atomic E-state index is 0.122. The Labute approximate surface area is 197 Å². The molecule has 5 rings (SSSR count). The van der Waals surface area contributed by atoms with Gasteiger partial charge in [0.2, 0.25) is 17.7 Å². The first-order valence-corrected chi connectivity index (χ1v) is 12.4. The van der Waals surface area contributed by atoms with Crippen molar-refractivity contribution >= 4 is 27.7 Å². The smallest absolute Gasteiger partial charge is 0.281 e. The fourth-order valence-electron chi connectivity index (χ4n) is 4.28. The highest BCUT2D eigenvalue weighted by atomic mass is 32.2. The van der Waals surface area contributed by atoms with Gasteiger partial charge in [-0.2, -0.15) is 13.4 Å². The SMILES string of the molecule is Cc1cccc(C)c1-c1cc2nc(n1)NS(=O)(=O)c1cccc(n1)NC(=O)C1CNCC(C1)O2. The molecule has 3 N–H and O–H groups in total. The molecule has 1 fully saturated rings. The summed E-state index contributed by atoms with van der Waals surface area (Å²) in [4.78, 5) is 25.8. The number of hydrogen-bond acceptors (Lipinski definition) is 8. The highest BCUT2D eigenvalue weighted by Gasteiger charge is 2.30. The maximum Gasteiger partial charge on any atom is 0.281 e. The third kappa shape index (κ3) is 4.44. The van der Waals surface area contributed by atoms with E-state index in [4.69, 9.17) is 4.74 Å². The zero-order valence-corrected chi connectivity index (χ0v) is 19.5. The van der Waals surface area contributed by atoms with E-state index in [1.54, 1.807) is 12.1 Å². The van der Waals surface area contributed by atoms with Crippen molar-refractivity contribution in [3.05, 3.63) is 53.6 Å². The van der Waals surface area contributed by atoms with Gasteiger partial charge in [-0.3, -0.25) is 4.79 Å². The Morgan fingerprint density at radius 3 is 2.56 bits per heavy atom. The molecule has 3 aromatic rings. The molecule has 2 aromatic heterocycles. The second kappa shape index (κ2) is 8.65. The summed E-state index contributed by atoms with van der Waals surface area (Å²) in [5.74, 6) is -0.381. The van der Waals surface area contributed by atoms with Crippen LogP contribution in [-0.4, -0.2) is 48.5 Å². The number of amides is 1. The van der Waals surface area contributed by atoms with Crippen LogP contribution in [0.25, 0.3) is 11.3 Å². The van der Waals surface area contributed by atoms with Crippen LogP contribution in [0.4, 0.5) is 11.8 Å². The van der Waals surface area contributed by atoms with E-state index in [1.165, 1.54) is 12.1 Å². The van der Waals surface area contributed by atoms with Crippen LogP contribution < -0.4 is 20.1 Å².